The average Bonchev–Trinajstić information content (AvgIpc) is 2.98. The van der Waals surface area contributed by atoms with Gasteiger partial charge < -0.3 is 15.5 Å². The van der Waals surface area contributed by atoms with E-state index in [2.05, 4.69) is 30.6 Å². The highest BCUT2D eigenvalue weighted by Crippen LogP contribution is 2.13. The van der Waals surface area contributed by atoms with Crippen LogP contribution < -0.4 is 10.6 Å². The van der Waals surface area contributed by atoms with Gasteiger partial charge in [0.15, 0.2) is 0 Å². The maximum absolute atomic E-state index is 11.5. The van der Waals surface area contributed by atoms with Crippen LogP contribution in [0.1, 0.15) is 19.3 Å². The zero-order valence-corrected chi connectivity index (χ0v) is 12.8. The van der Waals surface area contributed by atoms with Crippen molar-refractivity contribution in [1.82, 2.24) is 24.8 Å². The van der Waals surface area contributed by atoms with Crippen LogP contribution in [0.3, 0.4) is 0 Å². The number of likely N-dealkylation sites (tertiary alicyclic amines) is 1. The van der Waals surface area contributed by atoms with Crippen molar-refractivity contribution in [1.29, 1.82) is 0 Å². The van der Waals surface area contributed by atoms with Crippen LogP contribution in [-0.2, 0) is 4.79 Å². The molecule has 8 heteroatoms. The molecule has 2 aromatic heterocycles. The number of hydrogen-bond donors (Lipinski definition) is 2. The van der Waals surface area contributed by atoms with Crippen LogP contribution in [-0.4, -0.2) is 50.4 Å². The summed E-state index contributed by atoms with van der Waals surface area (Å²) >= 11 is 0. The SMILES string of the molecule is O=C1CCCN1CCCNc1cc(Nc2cnccn2)ncn1. The predicted octanol–water partition coefficient (Wildman–Crippen LogP) is 1.43. The summed E-state index contributed by atoms with van der Waals surface area (Å²) in [5.41, 5.74) is 0. The highest BCUT2D eigenvalue weighted by Gasteiger charge is 2.18. The van der Waals surface area contributed by atoms with Crippen LogP contribution in [0.5, 0.6) is 0 Å². The Labute approximate surface area is 134 Å². The molecule has 3 heterocycles. The topological polar surface area (TPSA) is 95.9 Å². The number of aromatic nitrogens is 4. The minimum Gasteiger partial charge on any atom is -0.370 e. The van der Waals surface area contributed by atoms with Gasteiger partial charge in [0.25, 0.3) is 0 Å². The first-order valence-corrected chi connectivity index (χ1v) is 7.68. The molecular formula is C15H19N7O. The highest BCUT2D eigenvalue weighted by molar-refractivity contribution is 5.78. The van der Waals surface area contributed by atoms with Gasteiger partial charge in [-0.05, 0) is 12.8 Å². The zero-order valence-electron chi connectivity index (χ0n) is 12.8. The molecule has 8 nitrogen and oxygen atoms in total. The Kier molecular flexibility index (Phi) is 4.92. The summed E-state index contributed by atoms with van der Waals surface area (Å²) in [5.74, 6) is 2.28. The van der Waals surface area contributed by atoms with Gasteiger partial charge in [-0.15, -0.1) is 0 Å². The molecule has 1 aliphatic heterocycles. The summed E-state index contributed by atoms with van der Waals surface area (Å²) in [7, 11) is 0. The summed E-state index contributed by atoms with van der Waals surface area (Å²) < 4.78 is 0. The third-order valence-electron chi connectivity index (χ3n) is 3.57. The molecule has 3 rings (SSSR count). The lowest BCUT2D eigenvalue weighted by Gasteiger charge is -2.15. The Balaban J connectivity index is 1.47. The molecule has 1 amide bonds. The molecule has 1 fully saturated rings. The van der Waals surface area contributed by atoms with Crippen molar-refractivity contribution in [3.05, 3.63) is 31.0 Å². The van der Waals surface area contributed by atoms with E-state index < -0.39 is 0 Å². The Bertz CT molecular complexity index is 649. The molecule has 0 spiro atoms. The van der Waals surface area contributed by atoms with Crippen LogP contribution in [0.2, 0.25) is 0 Å². The van der Waals surface area contributed by atoms with Crippen molar-refractivity contribution in [2.24, 2.45) is 0 Å². The second-order valence-electron chi connectivity index (χ2n) is 5.27. The largest absolute Gasteiger partial charge is 0.370 e. The van der Waals surface area contributed by atoms with Crippen LogP contribution in [0.25, 0.3) is 0 Å². The van der Waals surface area contributed by atoms with E-state index in [1.165, 1.54) is 6.33 Å². The van der Waals surface area contributed by atoms with Crippen LogP contribution in [0, 0.1) is 0 Å². The first-order valence-electron chi connectivity index (χ1n) is 7.68. The highest BCUT2D eigenvalue weighted by atomic mass is 16.2. The lowest BCUT2D eigenvalue weighted by Crippen LogP contribution is -2.27. The van der Waals surface area contributed by atoms with Gasteiger partial charge in [0.05, 0.1) is 6.20 Å². The fourth-order valence-corrected chi connectivity index (χ4v) is 2.44. The number of hydrogen-bond acceptors (Lipinski definition) is 7. The molecular weight excluding hydrogens is 294 g/mol. The minimum atomic E-state index is 0.266. The van der Waals surface area contributed by atoms with Crippen LogP contribution in [0.15, 0.2) is 31.0 Å². The van der Waals surface area contributed by atoms with Gasteiger partial charge in [-0.2, -0.15) is 0 Å². The summed E-state index contributed by atoms with van der Waals surface area (Å²) in [4.78, 5) is 29.9. The van der Waals surface area contributed by atoms with Gasteiger partial charge in [0, 0.05) is 44.5 Å². The van der Waals surface area contributed by atoms with Crippen molar-refractivity contribution in [2.45, 2.75) is 19.3 Å². The molecule has 120 valence electrons. The molecule has 0 saturated carbocycles. The number of carbonyl (C=O) groups is 1. The summed E-state index contributed by atoms with van der Waals surface area (Å²) in [5, 5.41) is 6.31. The van der Waals surface area contributed by atoms with E-state index in [1.54, 1.807) is 18.6 Å². The third-order valence-corrected chi connectivity index (χ3v) is 3.57. The van der Waals surface area contributed by atoms with Gasteiger partial charge in [-0.1, -0.05) is 0 Å². The number of nitrogens with zero attached hydrogens (tertiary/aromatic N) is 5. The second-order valence-corrected chi connectivity index (χ2v) is 5.27. The van der Waals surface area contributed by atoms with Crippen molar-refractivity contribution >= 4 is 23.4 Å². The fourth-order valence-electron chi connectivity index (χ4n) is 2.44. The van der Waals surface area contributed by atoms with Crippen LogP contribution >= 0.6 is 0 Å². The quantitative estimate of drug-likeness (QED) is 0.746. The van der Waals surface area contributed by atoms with E-state index in [9.17, 15) is 4.79 Å². The number of carbonyl (C=O) groups excluding carboxylic acids is 1. The number of rotatable bonds is 7. The van der Waals surface area contributed by atoms with Gasteiger partial charge >= 0.3 is 0 Å². The van der Waals surface area contributed by atoms with E-state index in [0.717, 1.165) is 38.3 Å². The second kappa shape index (κ2) is 7.48. The lowest BCUT2D eigenvalue weighted by atomic mass is 10.4. The van der Waals surface area contributed by atoms with E-state index >= 15 is 0 Å². The molecule has 1 aliphatic rings. The molecule has 2 N–H and O–H groups in total. The first kappa shape index (κ1) is 15.1. The molecule has 0 radical (unpaired) electrons. The van der Waals surface area contributed by atoms with E-state index in [-0.39, 0.29) is 5.91 Å². The zero-order chi connectivity index (χ0) is 15.9. The van der Waals surface area contributed by atoms with Crippen molar-refractivity contribution in [2.75, 3.05) is 30.3 Å². The molecule has 0 aliphatic carbocycles. The van der Waals surface area contributed by atoms with Crippen LogP contribution in [0.4, 0.5) is 17.5 Å². The Hall–Kier alpha value is -2.77. The van der Waals surface area contributed by atoms with Crippen molar-refractivity contribution in [3.63, 3.8) is 0 Å². The maximum atomic E-state index is 11.5. The standard InChI is InChI=1S/C15H19N7O/c23-15-3-1-7-22(15)8-2-4-17-12-9-13(20-11-19-12)21-14-10-16-5-6-18-14/h5-6,9-11H,1-4,7-8H2,(H2,17,18,19,20,21). The van der Waals surface area contributed by atoms with E-state index in [4.69, 9.17) is 0 Å². The number of anilines is 3. The van der Waals surface area contributed by atoms with E-state index in [0.29, 0.717) is 18.1 Å². The molecule has 0 aromatic carbocycles. The Morgan fingerprint density at radius 2 is 2.04 bits per heavy atom. The molecule has 0 bridgehead atoms. The van der Waals surface area contributed by atoms with Crippen molar-refractivity contribution in [3.8, 4) is 0 Å². The Morgan fingerprint density at radius 3 is 2.83 bits per heavy atom. The molecule has 1 saturated heterocycles. The van der Waals surface area contributed by atoms with Gasteiger partial charge in [-0.25, -0.2) is 15.0 Å². The minimum absolute atomic E-state index is 0.266. The van der Waals surface area contributed by atoms with Gasteiger partial charge in [-0.3, -0.25) is 9.78 Å². The molecule has 0 unspecified atom stereocenters. The molecule has 23 heavy (non-hydrogen) atoms. The summed E-state index contributed by atoms with van der Waals surface area (Å²) in [6.07, 6.45) is 8.91. The fraction of sp³-hybridized carbons (Fsp3) is 0.400. The molecule has 2 aromatic rings. The average molecular weight is 313 g/mol. The Morgan fingerprint density at radius 1 is 1.13 bits per heavy atom. The number of nitrogens with one attached hydrogen (secondary N) is 2. The van der Waals surface area contributed by atoms with Crippen molar-refractivity contribution < 1.29 is 4.79 Å². The summed E-state index contributed by atoms with van der Waals surface area (Å²) in [6, 6.07) is 1.82. The summed E-state index contributed by atoms with van der Waals surface area (Å²) in [6.45, 7) is 2.44. The van der Waals surface area contributed by atoms with E-state index in [1.807, 2.05) is 11.0 Å². The predicted molar refractivity (Wildman–Crippen MR) is 86.3 cm³/mol. The third kappa shape index (κ3) is 4.35. The number of amides is 1. The monoisotopic (exact) mass is 313 g/mol. The molecule has 0 atom stereocenters. The van der Waals surface area contributed by atoms with Gasteiger partial charge in [0.2, 0.25) is 5.91 Å². The van der Waals surface area contributed by atoms with Gasteiger partial charge in [0.1, 0.15) is 23.8 Å². The smallest absolute Gasteiger partial charge is 0.222 e. The normalized spacial score (nSPS) is 14.1. The lowest BCUT2D eigenvalue weighted by molar-refractivity contribution is -0.127. The maximum Gasteiger partial charge on any atom is 0.222 e. The first-order chi connectivity index (χ1) is 11.3.